The molecule has 0 bridgehead atoms. The second-order valence-corrected chi connectivity index (χ2v) is 10.0. The highest BCUT2D eigenvalue weighted by molar-refractivity contribution is 8.00. The molecule has 0 aliphatic carbocycles. The van der Waals surface area contributed by atoms with Crippen LogP contribution in [0, 0.1) is 0 Å². The van der Waals surface area contributed by atoms with E-state index in [2.05, 4.69) is 0 Å². The average Bonchev–Trinajstić information content (AvgIpc) is 3.38. The summed E-state index contributed by atoms with van der Waals surface area (Å²) in [6.07, 6.45) is 3.35. The van der Waals surface area contributed by atoms with Gasteiger partial charge in [0.1, 0.15) is 4.83 Å². The van der Waals surface area contributed by atoms with Crippen molar-refractivity contribution in [1.82, 2.24) is 14.5 Å². The molecule has 148 valence electrons. The first-order valence-corrected chi connectivity index (χ1v) is 12.3. The van der Waals surface area contributed by atoms with E-state index >= 15 is 0 Å². The minimum absolute atomic E-state index is 0.0164. The van der Waals surface area contributed by atoms with Crippen LogP contribution in [0.4, 0.5) is 0 Å². The van der Waals surface area contributed by atoms with Crippen LogP contribution in [-0.2, 0) is 11.3 Å². The Hall–Kier alpha value is -1.64. The van der Waals surface area contributed by atoms with Gasteiger partial charge in [-0.1, -0.05) is 17.8 Å². The zero-order valence-corrected chi connectivity index (χ0v) is 18.5. The van der Waals surface area contributed by atoms with E-state index in [-0.39, 0.29) is 16.7 Å². The van der Waals surface area contributed by atoms with Crippen LogP contribution < -0.4 is 5.56 Å². The van der Waals surface area contributed by atoms with E-state index < -0.39 is 0 Å². The monoisotopic (exact) mass is 433 g/mol. The molecule has 4 rings (SSSR count). The number of likely N-dealkylation sites (tertiary alicyclic amines) is 1. The molecule has 1 atom stereocenters. The van der Waals surface area contributed by atoms with E-state index in [4.69, 9.17) is 4.98 Å². The Morgan fingerprint density at radius 2 is 2.07 bits per heavy atom. The highest BCUT2D eigenvalue weighted by atomic mass is 32.2. The van der Waals surface area contributed by atoms with Crippen LogP contribution in [0.1, 0.15) is 33.1 Å². The van der Waals surface area contributed by atoms with Gasteiger partial charge in [0.15, 0.2) is 5.16 Å². The summed E-state index contributed by atoms with van der Waals surface area (Å²) in [5, 5.41) is 5.10. The number of hydrogen-bond donors (Lipinski definition) is 0. The lowest BCUT2D eigenvalue weighted by atomic mass is 10.1. The quantitative estimate of drug-likeness (QED) is 0.432. The third-order valence-corrected chi connectivity index (χ3v) is 7.91. The summed E-state index contributed by atoms with van der Waals surface area (Å²) in [7, 11) is 0. The van der Waals surface area contributed by atoms with Crippen molar-refractivity contribution >= 4 is 50.6 Å². The molecule has 8 heteroatoms. The van der Waals surface area contributed by atoms with Gasteiger partial charge in [-0.15, -0.1) is 22.7 Å². The molecule has 1 aliphatic rings. The fourth-order valence-corrected chi connectivity index (χ4v) is 6.43. The Morgan fingerprint density at radius 1 is 1.29 bits per heavy atom. The summed E-state index contributed by atoms with van der Waals surface area (Å²) in [6, 6.07) is 4.03. The Balaban J connectivity index is 1.67. The first-order valence-electron chi connectivity index (χ1n) is 9.61. The number of piperidine rings is 1. The average molecular weight is 434 g/mol. The van der Waals surface area contributed by atoms with Gasteiger partial charge in [-0.3, -0.25) is 14.2 Å². The Labute approximate surface area is 176 Å². The maximum Gasteiger partial charge on any atom is 0.263 e. The summed E-state index contributed by atoms with van der Waals surface area (Å²) in [6.45, 7) is 6.09. The maximum atomic E-state index is 13.2. The highest BCUT2D eigenvalue weighted by Crippen LogP contribution is 2.35. The number of nitrogens with zero attached hydrogens (tertiary/aromatic N) is 3. The van der Waals surface area contributed by atoms with Gasteiger partial charge >= 0.3 is 0 Å². The summed E-state index contributed by atoms with van der Waals surface area (Å²) in [4.78, 5) is 34.6. The molecule has 1 unspecified atom stereocenters. The van der Waals surface area contributed by atoms with Gasteiger partial charge in [-0.05, 0) is 44.6 Å². The lowest BCUT2D eigenvalue weighted by molar-refractivity contribution is -0.131. The molecule has 0 radical (unpaired) electrons. The van der Waals surface area contributed by atoms with Crippen LogP contribution in [0.3, 0.4) is 0 Å². The molecule has 0 saturated carbocycles. The van der Waals surface area contributed by atoms with Crippen LogP contribution in [0.15, 0.2) is 32.8 Å². The van der Waals surface area contributed by atoms with Gasteiger partial charge in [-0.25, -0.2) is 4.98 Å². The molecule has 0 N–H and O–H groups in total. The fourth-order valence-electron chi connectivity index (χ4n) is 3.57. The lowest BCUT2D eigenvalue weighted by Gasteiger charge is -2.29. The maximum absolute atomic E-state index is 13.2. The second-order valence-electron chi connectivity index (χ2n) is 6.90. The molecule has 1 saturated heterocycles. The molecule has 0 aromatic carbocycles. The zero-order valence-electron chi connectivity index (χ0n) is 16.0. The van der Waals surface area contributed by atoms with Crippen LogP contribution in [0.2, 0.25) is 0 Å². The van der Waals surface area contributed by atoms with Crippen molar-refractivity contribution in [3.05, 3.63) is 33.2 Å². The van der Waals surface area contributed by atoms with Crippen molar-refractivity contribution in [2.45, 2.75) is 50.1 Å². The van der Waals surface area contributed by atoms with Crippen molar-refractivity contribution in [2.24, 2.45) is 0 Å². The Bertz CT molecular complexity index is 1030. The normalized spacial score (nSPS) is 15.9. The number of hydrogen-bond acceptors (Lipinski definition) is 6. The number of thiophene rings is 2. The number of amides is 1. The van der Waals surface area contributed by atoms with Crippen molar-refractivity contribution < 1.29 is 4.79 Å². The molecule has 1 amide bonds. The number of aromatic nitrogens is 2. The van der Waals surface area contributed by atoms with E-state index in [1.165, 1.54) is 29.5 Å². The van der Waals surface area contributed by atoms with Gasteiger partial charge in [0, 0.05) is 35.5 Å². The van der Waals surface area contributed by atoms with Crippen molar-refractivity contribution in [3.63, 3.8) is 0 Å². The number of carbonyl (C=O) groups excluding carboxylic acids is 1. The Morgan fingerprint density at radius 3 is 2.75 bits per heavy atom. The van der Waals surface area contributed by atoms with Gasteiger partial charge in [0.25, 0.3) is 5.56 Å². The van der Waals surface area contributed by atoms with Crippen molar-refractivity contribution in [2.75, 3.05) is 13.1 Å². The van der Waals surface area contributed by atoms with Crippen molar-refractivity contribution in [1.29, 1.82) is 0 Å². The van der Waals surface area contributed by atoms with Crippen LogP contribution in [-0.4, -0.2) is 38.7 Å². The predicted octanol–water partition coefficient (Wildman–Crippen LogP) is 4.70. The van der Waals surface area contributed by atoms with Gasteiger partial charge in [0.05, 0.1) is 10.6 Å². The second kappa shape index (κ2) is 8.39. The zero-order chi connectivity index (χ0) is 19.7. The lowest BCUT2D eigenvalue weighted by Crippen LogP contribution is -2.40. The predicted molar refractivity (Wildman–Crippen MR) is 119 cm³/mol. The third-order valence-electron chi connectivity index (χ3n) is 5.06. The highest BCUT2D eigenvalue weighted by Gasteiger charge is 2.25. The summed E-state index contributed by atoms with van der Waals surface area (Å²) in [5.41, 5.74) is 0.945. The van der Waals surface area contributed by atoms with E-state index in [0.717, 1.165) is 41.2 Å². The summed E-state index contributed by atoms with van der Waals surface area (Å²) >= 11 is 4.53. The molecule has 28 heavy (non-hydrogen) atoms. The molecular formula is C20H23N3O2S3. The van der Waals surface area contributed by atoms with Crippen LogP contribution in [0.5, 0.6) is 0 Å². The van der Waals surface area contributed by atoms with Gasteiger partial charge in [0.2, 0.25) is 5.91 Å². The Kier molecular flexibility index (Phi) is 5.89. The minimum Gasteiger partial charge on any atom is -0.342 e. The summed E-state index contributed by atoms with van der Waals surface area (Å²) in [5.74, 6) is 0.146. The smallest absolute Gasteiger partial charge is 0.263 e. The van der Waals surface area contributed by atoms with E-state index in [9.17, 15) is 9.59 Å². The number of fused-ring (bicyclic) bond motifs is 1. The molecular weight excluding hydrogens is 410 g/mol. The fraction of sp³-hybridized carbons (Fsp3) is 0.450. The number of thioether (sulfide) groups is 1. The first-order chi connectivity index (χ1) is 13.6. The van der Waals surface area contributed by atoms with E-state index in [1.807, 2.05) is 41.6 Å². The third kappa shape index (κ3) is 3.65. The minimum atomic E-state index is -0.253. The van der Waals surface area contributed by atoms with E-state index in [0.29, 0.717) is 17.1 Å². The molecule has 3 aromatic heterocycles. The first kappa shape index (κ1) is 19.7. The SMILES string of the molecule is CCn1c(SC(C)C(=O)N2CCCCC2)nc2scc(-c3cccs3)c2c1=O. The molecule has 4 heterocycles. The number of carbonyl (C=O) groups is 1. The number of rotatable bonds is 5. The molecule has 1 aliphatic heterocycles. The standard InChI is InChI=1S/C20H23N3O2S3/c1-3-23-19(25)16-14(15-8-7-11-26-15)12-27-17(16)21-20(23)28-13(2)18(24)22-9-5-4-6-10-22/h7-8,11-13H,3-6,9-10H2,1-2H3. The van der Waals surface area contributed by atoms with Gasteiger partial charge in [-0.2, -0.15) is 0 Å². The molecule has 5 nitrogen and oxygen atoms in total. The molecule has 3 aromatic rings. The van der Waals surface area contributed by atoms with Crippen LogP contribution in [0.25, 0.3) is 20.7 Å². The summed E-state index contributed by atoms with van der Waals surface area (Å²) < 4.78 is 1.71. The van der Waals surface area contributed by atoms with Crippen LogP contribution >= 0.6 is 34.4 Å². The van der Waals surface area contributed by atoms with Gasteiger partial charge < -0.3 is 4.90 Å². The van der Waals surface area contributed by atoms with E-state index in [1.54, 1.807) is 15.9 Å². The largest absolute Gasteiger partial charge is 0.342 e. The van der Waals surface area contributed by atoms with Crippen molar-refractivity contribution in [3.8, 4) is 10.4 Å². The topological polar surface area (TPSA) is 55.2 Å². The molecule has 0 spiro atoms. The molecule has 1 fully saturated rings.